The van der Waals surface area contributed by atoms with Gasteiger partial charge in [-0.3, -0.25) is 9.88 Å². The lowest BCUT2D eigenvalue weighted by molar-refractivity contribution is 0.245. The minimum Gasteiger partial charge on any atom is -0.497 e. The summed E-state index contributed by atoms with van der Waals surface area (Å²) in [7, 11) is 3.86. The van der Waals surface area contributed by atoms with Crippen LogP contribution in [0.3, 0.4) is 0 Å². The zero-order chi connectivity index (χ0) is 12.3. The molecule has 18 heavy (non-hydrogen) atoms. The fourth-order valence-corrected chi connectivity index (χ4v) is 2.30. The normalized spacial score (nSPS) is 18.8. The topological polar surface area (TPSA) is 37.4 Å². The molecule has 0 bridgehead atoms. The van der Waals surface area contributed by atoms with Crippen LogP contribution >= 0.6 is 12.4 Å². The van der Waals surface area contributed by atoms with Gasteiger partial charge in [0, 0.05) is 37.0 Å². The van der Waals surface area contributed by atoms with Gasteiger partial charge in [-0.2, -0.15) is 0 Å². The van der Waals surface area contributed by atoms with Crippen molar-refractivity contribution in [3.05, 3.63) is 23.5 Å². The highest BCUT2D eigenvalue weighted by Crippen LogP contribution is 2.16. The molecule has 102 valence electrons. The van der Waals surface area contributed by atoms with Crippen LogP contribution in [0.2, 0.25) is 0 Å². The van der Waals surface area contributed by atoms with Crippen LogP contribution in [-0.4, -0.2) is 43.2 Å². The Kier molecular flexibility index (Phi) is 5.85. The van der Waals surface area contributed by atoms with Crippen molar-refractivity contribution in [2.45, 2.75) is 25.9 Å². The molecule has 1 aromatic heterocycles. The molecular weight excluding hydrogens is 250 g/mol. The molecule has 1 aliphatic heterocycles. The third-order valence-electron chi connectivity index (χ3n) is 3.28. The summed E-state index contributed by atoms with van der Waals surface area (Å²) in [4.78, 5) is 6.91. The van der Waals surface area contributed by atoms with E-state index in [1.54, 1.807) is 7.11 Å². The number of aryl methyl sites for hydroxylation is 1. The minimum atomic E-state index is 0. The molecule has 0 aliphatic carbocycles. The zero-order valence-corrected chi connectivity index (χ0v) is 12.1. The molecule has 1 unspecified atom stereocenters. The molecule has 1 fully saturated rings. The molecule has 1 atom stereocenters. The molecule has 1 saturated heterocycles. The largest absolute Gasteiger partial charge is 0.497 e. The van der Waals surface area contributed by atoms with E-state index in [1.165, 1.54) is 6.42 Å². The van der Waals surface area contributed by atoms with Gasteiger partial charge in [0.1, 0.15) is 5.75 Å². The van der Waals surface area contributed by atoms with E-state index < -0.39 is 0 Å². The third-order valence-corrected chi connectivity index (χ3v) is 3.28. The van der Waals surface area contributed by atoms with E-state index in [-0.39, 0.29) is 12.4 Å². The van der Waals surface area contributed by atoms with E-state index >= 15 is 0 Å². The lowest BCUT2D eigenvalue weighted by atomic mass is 10.2. The Labute approximate surface area is 115 Å². The number of rotatable bonds is 4. The van der Waals surface area contributed by atoms with E-state index in [1.807, 2.05) is 19.1 Å². The quantitative estimate of drug-likeness (QED) is 0.903. The predicted octanol–water partition coefficient (Wildman–Crippen LogP) is 1.61. The van der Waals surface area contributed by atoms with Crippen LogP contribution in [0.15, 0.2) is 12.1 Å². The molecule has 0 amide bonds. The van der Waals surface area contributed by atoms with Crippen LogP contribution in [0.1, 0.15) is 17.8 Å². The maximum atomic E-state index is 5.27. The number of likely N-dealkylation sites (N-methyl/N-ethyl adjacent to an activating group) is 1. The van der Waals surface area contributed by atoms with Gasteiger partial charge >= 0.3 is 0 Å². The first kappa shape index (κ1) is 15.2. The van der Waals surface area contributed by atoms with Crippen molar-refractivity contribution in [1.29, 1.82) is 0 Å². The zero-order valence-electron chi connectivity index (χ0n) is 11.3. The van der Waals surface area contributed by atoms with Crippen molar-refractivity contribution in [3.8, 4) is 5.75 Å². The summed E-state index contributed by atoms with van der Waals surface area (Å²) in [6.45, 7) is 5.09. The summed E-state index contributed by atoms with van der Waals surface area (Å²) >= 11 is 0. The van der Waals surface area contributed by atoms with Gasteiger partial charge in [0.2, 0.25) is 0 Å². The van der Waals surface area contributed by atoms with Gasteiger partial charge in [0.25, 0.3) is 0 Å². The lowest BCUT2D eigenvalue weighted by Gasteiger charge is -2.23. The van der Waals surface area contributed by atoms with Crippen LogP contribution in [0.5, 0.6) is 5.75 Å². The molecule has 2 heterocycles. The van der Waals surface area contributed by atoms with Crippen LogP contribution in [0.25, 0.3) is 0 Å². The fraction of sp³-hybridized carbons (Fsp3) is 0.615. The molecular formula is C13H22ClN3O. The second-order valence-corrected chi connectivity index (χ2v) is 4.70. The van der Waals surface area contributed by atoms with Gasteiger partial charge < -0.3 is 10.1 Å². The number of nitrogens with zero attached hydrogens (tertiary/aromatic N) is 2. The summed E-state index contributed by atoms with van der Waals surface area (Å²) in [6.07, 6.45) is 1.22. The standard InChI is InChI=1S/C13H21N3O.ClH/c1-10-6-13(17-3)7-11(15-10)9-16(2)12-4-5-14-8-12;/h6-7,12,14H,4-5,8-9H2,1-3H3;1H. The van der Waals surface area contributed by atoms with Crippen LogP contribution in [-0.2, 0) is 6.54 Å². The van der Waals surface area contributed by atoms with Gasteiger partial charge in [0.15, 0.2) is 0 Å². The Bertz CT molecular complexity index is 380. The summed E-state index contributed by atoms with van der Waals surface area (Å²) < 4.78 is 5.27. The molecule has 5 heteroatoms. The number of methoxy groups -OCH3 is 1. The highest BCUT2D eigenvalue weighted by Gasteiger charge is 2.19. The molecule has 1 aliphatic rings. The van der Waals surface area contributed by atoms with Crippen LogP contribution < -0.4 is 10.1 Å². The van der Waals surface area contributed by atoms with Gasteiger partial charge in [-0.05, 0) is 26.9 Å². The number of hydrogen-bond acceptors (Lipinski definition) is 4. The van der Waals surface area contributed by atoms with Crippen molar-refractivity contribution >= 4 is 12.4 Å². The molecule has 1 N–H and O–H groups in total. The Morgan fingerprint density at radius 1 is 1.50 bits per heavy atom. The van der Waals surface area contributed by atoms with E-state index in [2.05, 4.69) is 22.2 Å². The molecule has 2 rings (SSSR count). The molecule has 0 saturated carbocycles. The average Bonchev–Trinajstić information content (AvgIpc) is 2.81. The van der Waals surface area contributed by atoms with Gasteiger partial charge in [0.05, 0.1) is 12.8 Å². The summed E-state index contributed by atoms with van der Waals surface area (Å²) in [6, 6.07) is 4.61. The van der Waals surface area contributed by atoms with E-state index in [9.17, 15) is 0 Å². The number of aromatic nitrogens is 1. The smallest absolute Gasteiger partial charge is 0.122 e. The Morgan fingerprint density at radius 3 is 2.89 bits per heavy atom. The number of hydrogen-bond donors (Lipinski definition) is 1. The maximum absolute atomic E-state index is 5.27. The van der Waals surface area contributed by atoms with Gasteiger partial charge in [-0.15, -0.1) is 12.4 Å². The minimum absolute atomic E-state index is 0. The van der Waals surface area contributed by atoms with Crippen molar-refractivity contribution in [3.63, 3.8) is 0 Å². The fourth-order valence-electron chi connectivity index (χ4n) is 2.30. The van der Waals surface area contributed by atoms with Gasteiger partial charge in [-0.1, -0.05) is 0 Å². The Hall–Kier alpha value is -0.840. The molecule has 0 aromatic carbocycles. The van der Waals surface area contributed by atoms with E-state index in [4.69, 9.17) is 4.74 Å². The first-order valence-corrected chi connectivity index (χ1v) is 6.11. The molecule has 1 aromatic rings. The number of halogens is 1. The lowest BCUT2D eigenvalue weighted by Crippen LogP contribution is -2.33. The van der Waals surface area contributed by atoms with Crippen LogP contribution in [0.4, 0.5) is 0 Å². The van der Waals surface area contributed by atoms with E-state index in [0.717, 1.165) is 36.8 Å². The predicted molar refractivity (Wildman–Crippen MR) is 75.5 cm³/mol. The van der Waals surface area contributed by atoms with Crippen LogP contribution in [0, 0.1) is 6.92 Å². The summed E-state index contributed by atoms with van der Waals surface area (Å²) in [5.41, 5.74) is 2.09. The first-order valence-electron chi connectivity index (χ1n) is 6.11. The van der Waals surface area contributed by atoms with Gasteiger partial charge in [-0.25, -0.2) is 0 Å². The van der Waals surface area contributed by atoms with Crippen molar-refractivity contribution in [2.24, 2.45) is 0 Å². The van der Waals surface area contributed by atoms with Crippen molar-refractivity contribution in [1.82, 2.24) is 15.2 Å². The van der Waals surface area contributed by atoms with E-state index in [0.29, 0.717) is 6.04 Å². The number of pyridine rings is 1. The number of nitrogens with one attached hydrogen (secondary N) is 1. The third kappa shape index (κ3) is 3.83. The summed E-state index contributed by atoms with van der Waals surface area (Å²) in [5.74, 6) is 0.894. The second kappa shape index (κ2) is 6.92. The average molecular weight is 272 g/mol. The molecule has 0 radical (unpaired) electrons. The molecule has 4 nitrogen and oxygen atoms in total. The number of ether oxygens (including phenoxy) is 1. The van der Waals surface area contributed by atoms with Crippen molar-refractivity contribution < 1.29 is 4.74 Å². The molecule has 0 spiro atoms. The first-order chi connectivity index (χ1) is 8.19. The summed E-state index contributed by atoms with van der Waals surface area (Å²) in [5, 5.41) is 3.39. The van der Waals surface area contributed by atoms with Crippen molar-refractivity contribution in [2.75, 3.05) is 27.2 Å². The monoisotopic (exact) mass is 271 g/mol. The highest BCUT2D eigenvalue weighted by atomic mass is 35.5. The second-order valence-electron chi connectivity index (χ2n) is 4.70. The Balaban J connectivity index is 0.00000162. The SMILES string of the molecule is COc1cc(C)nc(CN(C)C2CCNC2)c1.Cl. The highest BCUT2D eigenvalue weighted by molar-refractivity contribution is 5.85. The maximum Gasteiger partial charge on any atom is 0.122 e. The Morgan fingerprint density at radius 2 is 2.28 bits per heavy atom.